The highest BCUT2D eigenvalue weighted by atomic mass is 32.2. The highest BCUT2D eigenvalue weighted by Gasteiger charge is 2.18. The van der Waals surface area contributed by atoms with Crippen LogP contribution in [0.1, 0.15) is 31.9 Å². The lowest BCUT2D eigenvalue weighted by molar-refractivity contribution is 0.446. The average molecular weight is 257 g/mol. The molecule has 0 amide bonds. The summed E-state index contributed by atoms with van der Waals surface area (Å²) in [6.45, 7) is 5.86. The van der Waals surface area contributed by atoms with E-state index in [0.29, 0.717) is 0 Å². The fourth-order valence-electron chi connectivity index (χ4n) is 1.58. The number of hydrogen-bond donors (Lipinski definition) is 1. The molecule has 0 radical (unpaired) electrons. The maximum absolute atomic E-state index is 10.5. The van der Waals surface area contributed by atoms with E-state index >= 15 is 0 Å². The molecule has 0 heterocycles. The molecule has 1 aromatic rings. The summed E-state index contributed by atoms with van der Waals surface area (Å²) in [5.74, 6) is -0.229. The Kier molecular flexibility index (Phi) is 3.84. The highest BCUT2D eigenvalue weighted by Crippen LogP contribution is 2.31. The SMILES string of the molecule is CC(C)(C)c1cc(CCS(=O)(=O)[O-])ccc1O. The first-order chi connectivity index (χ1) is 7.59. The van der Waals surface area contributed by atoms with Gasteiger partial charge in [-0.2, -0.15) is 0 Å². The molecular formula is C12H17O4S-. The largest absolute Gasteiger partial charge is 0.748 e. The Hall–Kier alpha value is -1.07. The molecule has 0 aliphatic heterocycles. The van der Waals surface area contributed by atoms with Crippen molar-refractivity contribution in [2.45, 2.75) is 32.6 Å². The van der Waals surface area contributed by atoms with Crippen LogP contribution in [-0.2, 0) is 22.0 Å². The van der Waals surface area contributed by atoms with Crippen LogP contribution in [-0.4, -0.2) is 23.8 Å². The van der Waals surface area contributed by atoms with Crippen LogP contribution in [0.5, 0.6) is 5.75 Å². The molecular weight excluding hydrogens is 240 g/mol. The summed E-state index contributed by atoms with van der Waals surface area (Å²) in [7, 11) is -4.19. The maximum Gasteiger partial charge on any atom is 0.119 e. The first-order valence-corrected chi connectivity index (χ1v) is 6.93. The molecule has 1 N–H and O–H groups in total. The third-order valence-corrected chi connectivity index (χ3v) is 3.21. The Morgan fingerprint density at radius 3 is 2.35 bits per heavy atom. The van der Waals surface area contributed by atoms with Crippen molar-refractivity contribution in [3.8, 4) is 5.75 Å². The number of rotatable bonds is 3. The van der Waals surface area contributed by atoms with E-state index in [2.05, 4.69) is 0 Å². The second-order valence-electron chi connectivity index (χ2n) is 5.11. The number of aryl methyl sites for hydroxylation is 1. The van der Waals surface area contributed by atoms with Crippen molar-refractivity contribution in [1.29, 1.82) is 0 Å². The van der Waals surface area contributed by atoms with E-state index < -0.39 is 15.9 Å². The van der Waals surface area contributed by atoms with Crippen LogP contribution in [0.15, 0.2) is 18.2 Å². The minimum absolute atomic E-state index is 0.176. The van der Waals surface area contributed by atoms with Crippen molar-refractivity contribution in [2.75, 3.05) is 5.75 Å². The van der Waals surface area contributed by atoms with E-state index in [9.17, 15) is 18.1 Å². The van der Waals surface area contributed by atoms with Gasteiger partial charge in [-0.15, -0.1) is 0 Å². The number of hydrogen-bond acceptors (Lipinski definition) is 4. The Labute approximate surface area is 102 Å². The Morgan fingerprint density at radius 1 is 1.29 bits per heavy atom. The topological polar surface area (TPSA) is 77.4 Å². The lowest BCUT2D eigenvalue weighted by atomic mass is 9.85. The molecule has 0 bridgehead atoms. The zero-order valence-corrected chi connectivity index (χ0v) is 11.0. The lowest BCUT2D eigenvalue weighted by Crippen LogP contribution is -2.13. The van der Waals surface area contributed by atoms with Crippen molar-refractivity contribution in [3.05, 3.63) is 29.3 Å². The molecule has 17 heavy (non-hydrogen) atoms. The molecule has 5 heteroatoms. The molecule has 0 aliphatic rings. The number of phenolic OH excluding ortho intramolecular Hbond substituents is 1. The van der Waals surface area contributed by atoms with Crippen molar-refractivity contribution in [1.82, 2.24) is 0 Å². The summed E-state index contributed by atoms with van der Waals surface area (Å²) in [6, 6.07) is 4.92. The minimum atomic E-state index is -4.19. The summed E-state index contributed by atoms with van der Waals surface area (Å²) >= 11 is 0. The highest BCUT2D eigenvalue weighted by molar-refractivity contribution is 7.85. The normalized spacial score (nSPS) is 12.7. The van der Waals surface area contributed by atoms with Gasteiger partial charge in [-0.1, -0.05) is 32.9 Å². The second kappa shape index (κ2) is 4.66. The summed E-state index contributed by atoms with van der Waals surface area (Å²) < 4.78 is 31.6. The Morgan fingerprint density at radius 2 is 1.88 bits per heavy atom. The fourth-order valence-corrected chi connectivity index (χ4v) is 2.07. The Balaban J connectivity index is 2.98. The molecule has 0 spiro atoms. The summed E-state index contributed by atoms with van der Waals surface area (Å²) in [5.41, 5.74) is 1.27. The van der Waals surface area contributed by atoms with Crippen LogP contribution in [0.25, 0.3) is 0 Å². The van der Waals surface area contributed by atoms with Gasteiger partial charge in [0.25, 0.3) is 0 Å². The molecule has 0 atom stereocenters. The van der Waals surface area contributed by atoms with Gasteiger partial charge >= 0.3 is 0 Å². The van der Waals surface area contributed by atoms with E-state index in [1.807, 2.05) is 20.8 Å². The summed E-state index contributed by atoms with van der Waals surface area (Å²) in [6.07, 6.45) is 0.176. The van der Waals surface area contributed by atoms with Gasteiger partial charge in [0.05, 0.1) is 10.1 Å². The van der Waals surface area contributed by atoms with Gasteiger partial charge in [0.2, 0.25) is 0 Å². The van der Waals surface area contributed by atoms with E-state index in [1.165, 1.54) is 6.07 Å². The van der Waals surface area contributed by atoms with Crippen LogP contribution in [0.3, 0.4) is 0 Å². The van der Waals surface area contributed by atoms with Gasteiger partial charge in [-0.3, -0.25) is 0 Å². The van der Waals surface area contributed by atoms with Crippen molar-refractivity contribution >= 4 is 10.1 Å². The number of benzene rings is 1. The third-order valence-electron chi connectivity index (χ3n) is 2.51. The molecule has 0 unspecified atom stereocenters. The first kappa shape index (κ1) is 14.0. The average Bonchev–Trinajstić information content (AvgIpc) is 2.13. The Bertz CT molecular complexity index is 498. The van der Waals surface area contributed by atoms with Crippen LogP contribution in [0.2, 0.25) is 0 Å². The molecule has 1 aromatic carbocycles. The molecule has 0 aromatic heterocycles. The molecule has 1 rings (SSSR count). The first-order valence-electron chi connectivity index (χ1n) is 5.35. The van der Waals surface area contributed by atoms with Gasteiger partial charge < -0.3 is 9.66 Å². The molecule has 0 fully saturated rings. The monoisotopic (exact) mass is 257 g/mol. The van der Waals surface area contributed by atoms with Gasteiger partial charge in [0.15, 0.2) is 0 Å². The lowest BCUT2D eigenvalue weighted by Gasteiger charge is -2.21. The summed E-state index contributed by atoms with van der Waals surface area (Å²) in [5, 5.41) is 9.72. The van der Waals surface area contributed by atoms with Crippen molar-refractivity contribution < 1.29 is 18.1 Å². The quantitative estimate of drug-likeness (QED) is 0.837. The molecule has 96 valence electrons. The maximum atomic E-state index is 10.5. The van der Waals surface area contributed by atoms with Gasteiger partial charge in [-0.25, -0.2) is 8.42 Å². The van der Waals surface area contributed by atoms with Crippen molar-refractivity contribution in [2.24, 2.45) is 0 Å². The predicted molar refractivity (Wildman–Crippen MR) is 65.1 cm³/mol. The standard InChI is InChI=1S/C12H18O4S/c1-12(2,3)10-8-9(4-5-11(10)13)6-7-17(14,15)16/h4-5,8,13H,6-7H2,1-3H3,(H,14,15,16)/p-1. The molecule has 0 saturated heterocycles. The molecule has 0 saturated carbocycles. The number of phenols is 1. The minimum Gasteiger partial charge on any atom is -0.748 e. The fraction of sp³-hybridized carbons (Fsp3) is 0.500. The van der Waals surface area contributed by atoms with Crippen LogP contribution in [0, 0.1) is 0 Å². The van der Waals surface area contributed by atoms with Crippen LogP contribution in [0.4, 0.5) is 0 Å². The van der Waals surface area contributed by atoms with Gasteiger partial charge in [0.1, 0.15) is 5.75 Å². The van der Waals surface area contributed by atoms with E-state index in [0.717, 1.165) is 11.1 Å². The predicted octanol–water partition coefficient (Wildman–Crippen LogP) is 1.78. The molecule has 0 aliphatic carbocycles. The van der Waals surface area contributed by atoms with E-state index in [-0.39, 0.29) is 17.6 Å². The van der Waals surface area contributed by atoms with Crippen LogP contribution < -0.4 is 0 Å². The molecule has 4 nitrogen and oxygen atoms in total. The number of aromatic hydroxyl groups is 1. The zero-order chi connectivity index (χ0) is 13.3. The van der Waals surface area contributed by atoms with E-state index in [4.69, 9.17) is 0 Å². The van der Waals surface area contributed by atoms with E-state index in [1.54, 1.807) is 12.1 Å². The smallest absolute Gasteiger partial charge is 0.119 e. The zero-order valence-electron chi connectivity index (χ0n) is 10.2. The third kappa shape index (κ3) is 4.36. The van der Waals surface area contributed by atoms with Gasteiger partial charge in [-0.05, 0) is 29.0 Å². The van der Waals surface area contributed by atoms with Crippen molar-refractivity contribution in [3.63, 3.8) is 0 Å². The van der Waals surface area contributed by atoms with Gasteiger partial charge in [0, 0.05) is 5.75 Å². The van der Waals surface area contributed by atoms with Crippen LogP contribution >= 0.6 is 0 Å². The second-order valence-corrected chi connectivity index (χ2v) is 6.64. The summed E-state index contributed by atoms with van der Waals surface area (Å²) in [4.78, 5) is 0.